The summed E-state index contributed by atoms with van der Waals surface area (Å²) in [5.41, 5.74) is 1.28. The standard InChI is InChI=1S/C16H24N4O2/c1-11-17-16(19-18-11)14-9-13(22-2)10-20(14)15(21)8-12-6-4-3-5-7-12/h6,13-14H,3-5,7-10H2,1-2H3,(H,17,18,19)/t13-,14+/m1/s1. The average molecular weight is 304 g/mol. The number of nitrogens with zero attached hydrogens (tertiary/aromatic N) is 3. The van der Waals surface area contributed by atoms with Crippen LogP contribution in [-0.2, 0) is 9.53 Å². The van der Waals surface area contributed by atoms with Crippen LogP contribution in [0.3, 0.4) is 0 Å². The van der Waals surface area contributed by atoms with Crippen LogP contribution in [0.25, 0.3) is 0 Å². The molecule has 1 aromatic rings. The first-order valence-electron chi connectivity index (χ1n) is 8.06. The first-order chi connectivity index (χ1) is 10.7. The Morgan fingerprint density at radius 1 is 1.50 bits per heavy atom. The second-order valence-corrected chi connectivity index (χ2v) is 6.22. The first kappa shape index (κ1) is 15.2. The molecule has 3 rings (SSSR count). The monoisotopic (exact) mass is 304 g/mol. The number of allylic oxidation sites excluding steroid dienone is 1. The first-order valence-corrected chi connectivity index (χ1v) is 8.06. The number of aromatic nitrogens is 3. The van der Waals surface area contributed by atoms with Gasteiger partial charge < -0.3 is 9.64 Å². The van der Waals surface area contributed by atoms with Crippen LogP contribution in [0.2, 0.25) is 0 Å². The molecule has 0 radical (unpaired) electrons. The lowest BCUT2D eigenvalue weighted by Gasteiger charge is -2.23. The predicted octanol–water partition coefficient (Wildman–Crippen LogP) is 2.29. The Hall–Kier alpha value is -1.69. The second kappa shape index (κ2) is 6.60. The smallest absolute Gasteiger partial charge is 0.227 e. The number of likely N-dealkylation sites (tertiary alicyclic amines) is 1. The number of aromatic amines is 1. The SMILES string of the molecule is CO[C@@H]1C[C@@H](c2n[nH]c(C)n2)N(C(=O)CC2=CCCCC2)C1. The van der Waals surface area contributed by atoms with Crippen molar-refractivity contribution in [2.75, 3.05) is 13.7 Å². The van der Waals surface area contributed by atoms with Crippen LogP contribution in [-0.4, -0.2) is 45.7 Å². The fraction of sp³-hybridized carbons (Fsp3) is 0.688. The van der Waals surface area contributed by atoms with E-state index in [1.807, 2.05) is 11.8 Å². The van der Waals surface area contributed by atoms with E-state index >= 15 is 0 Å². The molecule has 22 heavy (non-hydrogen) atoms. The molecular weight excluding hydrogens is 280 g/mol. The lowest BCUT2D eigenvalue weighted by atomic mass is 9.97. The molecule has 2 atom stereocenters. The van der Waals surface area contributed by atoms with E-state index in [-0.39, 0.29) is 18.1 Å². The molecule has 0 aromatic carbocycles. The van der Waals surface area contributed by atoms with Gasteiger partial charge in [0.05, 0.1) is 12.1 Å². The van der Waals surface area contributed by atoms with Gasteiger partial charge >= 0.3 is 0 Å². The number of aryl methyl sites for hydroxylation is 1. The molecule has 120 valence electrons. The van der Waals surface area contributed by atoms with Crippen LogP contribution in [0, 0.1) is 6.92 Å². The molecule has 1 N–H and O–H groups in total. The maximum absolute atomic E-state index is 12.7. The summed E-state index contributed by atoms with van der Waals surface area (Å²) in [4.78, 5) is 19.0. The Morgan fingerprint density at radius 3 is 3.00 bits per heavy atom. The zero-order valence-electron chi connectivity index (χ0n) is 13.3. The molecule has 0 unspecified atom stereocenters. The van der Waals surface area contributed by atoms with Crippen molar-refractivity contribution >= 4 is 5.91 Å². The number of H-pyrrole nitrogens is 1. The summed E-state index contributed by atoms with van der Waals surface area (Å²) in [5, 5.41) is 7.11. The third-order valence-electron chi connectivity index (χ3n) is 4.59. The van der Waals surface area contributed by atoms with Crippen molar-refractivity contribution in [3.8, 4) is 0 Å². The van der Waals surface area contributed by atoms with Crippen LogP contribution >= 0.6 is 0 Å². The van der Waals surface area contributed by atoms with Crippen LogP contribution in [0.4, 0.5) is 0 Å². The fourth-order valence-corrected chi connectivity index (χ4v) is 3.36. The van der Waals surface area contributed by atoms with Gasteiger partial charge in [-0.15, -0.1) is 0 Å². The average Bonchev–Trinajstić information content (AvgIpc) is 3.14. The van der Waals surface area contributed by atoms with E-state index in [1.165, 1.54) is 18.4 Å². The second-order valence-electron chi connectivity index (χ2n) is 6.22. The maximum Gasteiger partial charge on any atom is 0.227 e. The molecule has 6 nitrogen and oxygen atoms in total. The largest absolute Gasteiger partial charge is 0.380 e. The van der Waals surface area contributed by atoms with E-state index in [0.29, 0.717) is 18.8 Å². The van der Waals surface area contributed by atoms with Crippen LogP contribution < -0.4 is 0 Å². The molecule has 0 saturated carbocycles. The molecule has 6 heteroatoms. The lowest BCUT2D eigenvalue weighted by molar-refractivity contribution is -0.131. The highest BCUT2D eigenvalue weighted by Crippen LogP contribution is 2.33. The molecule has 2 aliphatic rings. The molecule has 1 saturated heterocycles. The Labute approximate surface area is 130 Å². The van der Waals surface area contributed by atoms with Gasteiger partial charge in [0.25, 0.3) is 0 Å². The van der Waals surface area contributed by atoms with Gasteiger partial charge in [0, 0.05) is 26.5 Å². The number of hydrogen-bond donors (Lipinski definition) is 1. The van der Waals surface area contributed by atoms with E-state index in [0.717, 1.165) is 25.1 Å². The van der Waals surface area contributed by atoms with Crippen molar-refractivity contribution < 1.29 is 9.53 Å². The minimum Gasteiger partial charge on any atom is -0.380 e. The molecule has 1 aliphatic carbocycles. The van der Waals surface area contributed by atoms with Crippen molar-refractivity contribution in [3.63, 3.8) is 0 Å². The van der Waals surface area contributed by atoms with Gasteiger partial charge in [0.15, 0.2) is 5.82 Å². The summed E-state index contributed by atoms with van der Waals surface area (Å²) < 4.78 is 5.47. The number of ether oxygens (including phenoxy) is 1. The number of methoxy groups -OCH3 is 1. The summed E-state index contributed by atoms with van der Waals surface area (Å²) in [5.74, 6) is 1.64. The Morgan fingerprint density at radius 2 is 2.36 bits per heavy atom. The third-order valence-corrected chi connectivity index (χ3v) is 4.59. The highest BCUT2D eigenvalue weighted by Gasteiger charge is 2.38. The summed E-state index contributed by atoms with van der Waals surface area (Å²) in [6.07, 6.45) is 8.18. The van der Waals surface area contributed by atoms with E-state index in [4.69, 9.17) is 4.74 Å². The summed E-state index contributed by atoms with van der Waals surface area (Å²) in [6.45, 7) is 2.50. The quantitative estimate of drug-likeness (QED) is 0.866. The summed E-state index contributed by atoms with van der Waals surface area (Å²) in [7, 11) is 1.70. The molecule has 0 spiro atoms. The van der Waals surface area contributed by atoms with Gasteiger partial charge in [-0.1, -0.05) is 11.6 Å². The minimum absolute atomic E-state index is 0.0630. The van der Waals surface area contributed by atoms with Crippen molar-refractivity contribution in [3.05, 3.63) is 23.3 Å². The van der Waals surface area contributed by atoms with Crippen LogP contribution in [0.5, 0.6) is 0 Å². The van der Waals surface area contributed by atoms with Gasteiger partial charge in [0.1, 0.15) is 5.82 Å². The highest BCUT2D eigenvalue weighted by atomic mass is 16.5. The van der Waals surface area contributed by atoms with Crippen LogP contribution in [0.15, 0.2) is 11.6 Å². The molecule has 1 aromatic heterocycles. The summed E-state index contributed by atoms with van der Waals surface area (Å²) in [6, 6.07) is -0.0772. The Balaban J connectivity index is 1.73. The fourth-order valence-electron chi connectivity index (χ4n) is 3.36. The van der Waals surface area contributed by atoms with Crippen molar-refractivity contribution in [1.29, 1.82) is 0 Å². The van der Waals surface area contributed by atoms with E-state index in [2.05, 4.69) is 21.3 Å². The third kappa shape index (κ3) is 3.21. The Bertz CT molecular complexity index is 566. The van der Waals surface area contributed by atoms with Crippen molar-refractivity contribution in [2.24, 2.45) is 0 Å². The molecule has 2 heterocycles. The lowest BCUT2D eigenvalue weighted by Crippen LogP contribution is -2.32. The molecule has 0 bridgehead atoms. The molecule has 1 amide bonds. The molecule has 1 fully saturated rings. The molecular formula is C16H24N4O2. The number of hydrogen-bond acceptors (Lipinski definition) is 4. The summed E-state index contributed by atoms with van der Waals surface area (Å²) >= 11 is 0. The number of nitrogens with one attached hydrogen (secondary N) is 1. The number of carbonyl (C=O) groups is 1. The Kier molecular flexibility index (Phi) is 4.57. The number of carbonyl (C=O) groups excluding carboxylic acids is 1. The van der Waals surface area contributed by atoms with Gasteiger partial charge in [-0.2, -0.15) is 5.10 Å². The number of rotatable bonds is 4. The number of amides is 1. The van der Waals surface area contributed by atoms with Gasteiger partial charge in [-0.05, 0) is 32.6 Å². The van der Waals surface area contributed by atoms with E-state index in [9.17, 15) is 4.79 Å². The minimum atomic E-state index is -0.0772. The van der Waals surface area contributed by atoms with Crippen molar-refractivity contribution in [2.45, 2.75) is 57.6 Å². The molecule has 1 aliphatic heterocycles. The van der Waals surface area contributed by atoms with Crippen LogP contribution in [0.1, 0.15) is 56.2 Å². The zero-order valence-corrected chi connectivity index (χ0v) is 13.3. The highest BCUT2D eigenvalue weighted by molar-refractivity contribution is 5.79. The van der Waals surface area contributed by atoms with Gasteiger partial charge in [-0.25, -0.2) is 4.98 Å². The zero-order chi connectivity index (χ0) is 15.5. The van der Waals surface area contributed by atoms with Gasteiger partial charge in [-0.3, -0.25) is 9.89 Å². The predicted molar refractivity (Wildman–Crippen MR) is 82.2 cm³/mol. The maximum atomic E-state index is 12.7. The van der Waals surface area contributed by atoms with Crippen molar-refractivity contribution in [1.82, 2.24) is 20.1 Å². The topological polar surface area (TPSA) is 71.1 Å². The van der Waals surface area contributed by atoms with E-state index < -0.39 is 0 Å². The normalized spacial score (nSPS) is 25.4. The van der Waals surface area contributed by atoms with Gasteiger partial charge in [0.2, 0.25) is 5.91 Å². The van der Waals surface area contributed by atoms with E-state index in [1.54, 1.807) is 7.11 Å².